The molecule has 2 unspecified atom stereocenters. The molecule has 2 rings (SSSR count). The van der Waals surface area contributed by atoms with E-state index in [0.717, 1.165) is 13.1 Å². The predicted molar refractivity (Wildman–Crippen MR) is 78.5 cm³/mol. The minimum Gasteiger partial charge on any atom is -0.341 e. The summed E-state index contributed by atoms with van der Waals surface area (Å²) in [6, 6.07) is 0.206. The summed E-state index contributed by atoms with van der Waals surface area (Å²) in [5.41, 5.74) is 0. The molecule has 0 spiro atoms. The van der Waals surface area contributed by atoms with Gasteiger partial charge in [0.2, 0.25) is 11.1 Å². The number of amides is 1. The number of likely N-dealkylation sites (tertiary alicyclic amines) is 1. The van der Waals surface area contributed by atoms with Crippen molar-refractivity contribution in [1.82, 2.24) is 25.1 Å². The molecule has 0 radical (unpaired) electrons. The number of hydrogen-bond acceptors (Lipinski definition) is 5. The number of carbonyl (C=O) groups excluding carboxylic acids is 1. The van der Waals surface area contributed by atoms with Gasteiger partial charge in [0.25, 0.3) is 0 Å². The van der Waals surface area contributed by atoms with Crippen LogP contribution in [-0.4, -0.2) is 49.9 Å². The molecule has 0 saturated carbocycles. The molecule has 2 heterocycles. The summed E-state index contributed by atoms with van der Waals surface area (Å²) in [6.07, 6.45) is 1.21. The number of tetrazole rings is 1. The summed E-state index contributed by atoms with van der Waals surface area (Å²) in [7, 11) is 0. The topological polar surface area (TPSA) is 63.9 Å². The van der Waals surface area contributed by atoms with Crippen LogP contribution in [0.5, 0.6) is 0 Å². The molecule has 2 atom stereocenters. The lowest BCUT2D eigenvalue weighted by atomic mass is 9.92. The molecule has 0 bridgehead atoms. The molecule has 0 N–H and O–H groups in total. The van der Waals surface area contributed by atoms with E-state index >= 15 is 0 Å². The first-order valence-electron chi connectivity index (χ1n) is 7.15. The SMILES string of the molecule is CC1CC(C)CN(C(=O)CSc2nnnn2C(C)C)C1. The number of hydrogen-bond donors (Lipinski definition) is 0. The van der Waals surface area contributed by atoms with Crippen molar-refractivity contribution in [3.8, 4) is 0 Å². The monoisotopic (exact) mass is 297 g/mol. The van der Waals surface area contributed by atoms with Crippen LogP contribution in [0.3, 0.4) is 0 Å². The van der Waals surface area contributed by atoms with Gasteiger partial charge in [0.05, 0.1) is 11.8 Å². The highest BCUT2D eigenvalue weighted by Crippen LogP contribution is 2.23. The summed E-state index contributed by atoms with van der Waals surface area (Å²) >= 11 is 1.42. The molecule has 0 aliphatic carbocycles. The summed E-state index contributed by atoms with van der Waals surface area (Å²) in [6.45, 7) is 10.2. The highest BCUT2D eigenvalue weighted by molar-refractivity contribution is 7.99. The van der Waals surface area contributed by atoms with Crippen molar-refractivity contribution >= 4 is 17.7 Å². The smallest absolute Gasteiger partial charge is 0.233 e. The maximum absolute atomic E-state index is 12.3. The van der Waals surface area contributed by atoms with Crippen molar-refractivity contribution in [1.29, 1.82) is 0 Å². The van der Waals surface area contributed by atoms with Gasteiger partial charge in [0.15, 0.2) is 0 Å². The Kier molecular flexibility index (Phi) is 5.01. The van der Waals surface area contributed by atoms with E-state index in [-0.39, 0.29) is 11.9 Å². The second kappa shape index (κ2) is 6.56. The lowest BCUT2D eigenvalue weighted by Crippen LogP contribution is -2.43. The Morgan fingerprint density at radius 3 is 2.60 bits per heavy atom. The Bertz CT molecular complexity index is 451. The lowest BCUT2D eigenvalue weighted by Gasteiger charge is -2.34. The van der Waals surface area contributed by atoms with Gasteiger partial charge in [-0.2, -0.15) is 0 Å². The van der Waals surface area contributed by atoms with E-state index in [1.165, 1.54) is 18.2 Å². The molecule has 1 amide bonds. The highest BCUT2D eigenvalue weighted by Gasteiger charge is 2.25. The van der Waals surface area contributed by atoms with Crippen LogP contribution in [0.2, 0.25) is 0 Å². The Hall–Kier alpha value is -1.11. The van der Waals surface area contributed by atoms with Crippen LogP contribution in [0.1, 0.15) is 40.2 Å². The first kappa shape index (κ1) is 15.3. The van der Waals surface area contributed by atoms with Crippen LogP contribution in [0.25, 0.3) is 0 Å². The second-order valence-corrected chi connectivity index (χ2v) is 6.98. The van der Waals surface area contributed by atoms with E-state index in [1.54, 1.807) is 4.68 Å². The molecule has 20 heavy (non-hydrogen) atoms. The number of aromatic nitrogens is 4. The first-order valence-corrected chi connectivity index (χ1v) is 8.14. The molecule has 1 fully saturated rings. The maximum atomic E-state index is 12.3. The summed E-state index contributed by atoms with van der Waals surface area (Å²) in [4.78, 5) is 14.3. The number of piperidine rings is 1. The van der Waals surface area contributed by atoms with Crippen molar-refractivity contribution < 1.29 is 4.79 Å². The van der Waals surface area contributed by atoms with E-state index in [2.05, 4.69) is 29.4 Å². The largest absolute Gasteiger partial charge is 0.341 e. The normalized spacial score (nSPS) is 23.4. The molecule has 1 aliphatic heterocycles. The van der Waals surface area contributed by atoms with Gasteiger partial charge < -0.3 is 4.90 Å². The quantitative estimate of drug-likeness (QED) is 0.794. The van der Waals surface area contributed by atoms with Crippen molar-refractivity contribution in [2.45, 2.75) is 45.3 Å². The molecule has 1 aromatic rings. The van der Waals surface area contributed by atoms with E-state index in [1.807, 2.05) is 18.7 Å². The fourth-order valence-corrected chi connectivity index (χ4v) is 3.60. The fourth-order valence-electron chi connectivity index (χ4n) is 2.69. The van der Waals surface area contributed by atoms with Gasteiger partial charge in [-0.15, -0.1) is 5.10 Å². The maximum Gasteiger partial charge on any atom is 0.233 e. The first-order chi connectivity index (χ1) is 9.47. The molecule has 1 aliphatic rings. The van der Waals surface area contributed by atoms with E-state index in [9.17, 15) is 4.79 Å². The van der Waals surface area contributed by atoms with Crippen molar-refractivity contribution in [2.75, 3.05) is 18.8 Å². The molecule has 1 aromatic heterocycles. The van der Waals surface area contributed by atoms with E-state index < -0.39 is 0 Å². The van der Waals surface area contributed by atoms with Crippen LogP contribution < -0.4 is 0 Å². The molecule has 1 saturated heterocycles. The number of thioether (sulfide) groups is 1. The minimum absolute atomic E-state index is 0.187. The average Bonchev–Trinajstić information content (AvgIpc) is 2.83. The molecule has 6 nitrogen and oxygen atoms in total. The van der Waals surface area contributed by atoms with Gasteiger partial charge in [-0.05, 0) is 42.5 Å². The Balaban J connectivity index is 1.90. The molecule has 7 heteroatoms. The third kappa shape index (κ3) is 3.71. The van der Waals surface area contributed by atoms with Crippen molar-refractivity contribution in [2.24, 2.45) is 11.8 Å². The van der Waals surface area contributed by atoms with Crippen LogP contribution >= 0.6 is 11.8 Å². The van der Waals surface area contributed by atoms with Gasteiger partial charge >= 0.3 is 0 Å². The summed E-state index contributed by atoms with van der Waals surface area (Å²) in [5.74, 6) is 1.78. The fraction of sp³-hybridized carbons (Fsp3) is 0.846. The summed E-state index contributed by atoms with van der Waals surface area (Å²) in [5, 5.41) is 12.3. The lowest BCUT2D eigenvalue weighted by molar-refractivity contribution is -0.130. The van der Waals surface area contributed by atoms with Crippen LogP contribution in [0, 0.1) is 11.8 Å². The van der Waals surface area contributed by atoms with Crippen LogP contribution in [0.15, 0.2) is 5.16 Å². The van der Waals surface area contributed by atoms with Gasteiger partial charge in [-0.3, -0.25) is 4.79 Å². The van der Waals surface area contributed by atoms with E-state index in [4.69, 9.17) is 0 Å². The molecular formula is C13H23N5OS. The number of carbonyl (C=O) groups is 1. The Labute approximate surface area is 124 Å². The summed E-state index contributed by atoms with van der Waals surface area (Å²) < 4.78 is 1.75. The molecule has 0 aromatic carbocycles. The van der Waals surface area contributed by atoms with E-state index in [0.29, 0.717) is 22.7 Å². The van der Waals surface area contributed by atoms with Gasteiger partial charge in [0.1, 0.15) is 0 Å². The zero-order valence-corrected chi connectivity index (χ0v) is 13.4. The van der Waals surface area contributed by atoms with Gasteiger partial charge in [-0.1, -0.05) is 25.6 Å². The van der Waals surface area contributed by atoms with Crippen LogP contribution in [-0.2, 0) is 4.79 Å². The second-order valence-electron chi connectivity index (χ2n) is 6.03. The average molecular weight is 297 g/mol. The van der Waals surface area contributed by atoms with Crippen LogP contribution in [0.4, 0.5) is 0 Å². The minimum atomic E-state index is 0.187. The van der Waals surface area contributed by atoms with Crippen molar-refractivity contribution in [3.63, 3.8) is 0 Å². The third-order valence-corrected chi connectivity index (χ3v) is 4.42. The number of rotatable bonds is 4. The molecular weight excluding hydrogens is 274 g/mol. The standard InChI is InChI=1S/C13H23N5OS/c1-9(2)18-13(14-15-16-18)20-8-12(19)17-6-10(3)5-11(4)7-17/h9-11H,5-8H2,1-4H3. The zero-order chi connectivity index (χ0) is 14.7. The van der Waals surface area contributed by atoms with Crippen molar-refractivity contribution in [3.05, 3.63) is 0 Å². The Morgan fingerprint density at radius 1 is 1.35 bits per heavy atom. The van der Waals surface area contributed by atoms with Gasteiger partial charge in [-0.25, -0.2) is 4.68 Å². The molecule has 112 valence electrons. The van der Waals surface area contributed by atoms with Gasteiger partial charge in [0, 0.05) is 13.1 Å². The number of nitrogens with zero attached hydrogens (tertiary/aromatic N) is 5. The highest BCUT2D eigenvalue weighted by atomic mass is 32.2. The third-order valence-electron chi connectivity index (χ3n) is 3.50. The zero-order valence-electron chi connectivity index (χ0n) is 12.6. The predicted octanol–water partition coefficient (Wildman–Crippen LogP) is 1.85. The Morgan fingerprint density at radius 2 is 2.00 bits per heavy atom.